The molecule has 0 amide bonds. The summed E-state index contributed by atoms with van der Waals surface area (Å²) in [4.78, 5) is 11.8. The Morgan fingerprint density at radius 1 is 0.486 bits per heavy atom. The maximum absolute atomic E-state index is 11.8. The zero-order valence-corrected chi connectivity index (χ0v) is 25.5. The maximum Gasteiger partial charge on any atom is 0.305 e. The van der Waals surface area contributed by atoms with Gasteiger partial charge in [-0.1, -0.05) is 143 Å². The van der Waals surface area contributed by atoms with Crippen molar-refractivity contribution in [1.29, 1.82) is 0 Å². The molecule has 0 atom stereocenters. The van der Waals surface area contributed by atoms with Crippen LogP contribution < -0.4 is 0 Å². The van der Waals surface area contributed by atoms with E-state index in [9.17, 15) is 4.79 Å². The van der Waals surface area contributed by atoms with Gasteiger partial charge in [-0.25, -0.2) is 0 Å². The lowest BCUT2D eigenvalue weighted by Crippen LogP contribution is -2.09. The Bertz CT molecular complexity index is 438. The third kappa shape index (κ3) is 33.4. The third-order valence-corrected chi connectivity index (χ3v) is 7.12. The predicted octanol–water partition coefficient (Wildman–Crippen LogP) is 10.2. The fourth-order valence-corrected chi connectivity index (χ4v) is 4.66. The van der Waals surface area contributed by atoms with Gasteiger partial charge in [-0.3, -0.25) is 4.79 Å². The highest BCUT2D eigenvalue weighted by Gasteiger charge is 2.03. The number of esters is 1. The highest BCUT2D eigenvalue weighted by molar-refractivity contribution is 5.69. The minimum atomic E-state index is -0.0845. The van der Waals surface area contributed by atoms with E-state index in [4.69, 9.17) is 14.2 Å². The average Bonchev–Trinajstić information content (AvgIpc) is 2.88. The molecule has 0 saturated carbocycles. The Hall–Kier alpha value is -0.610. The van der Waals surface area contributed by atoms with Crippen molar-refractivity contribution in [3.8, 4) is 0 Å². The molecule has 0 rings (SSSR count). The van der Waals surface area contributed by atoms with Crippen LogP contribution in [-0.2, 0) is 19.0 Å². The Morgan fingerprint density at radius 2 is 0.892 bits per heavy atom. The predicted molar refractivity (Wildman–Crippen MR) is 159 cm³/mol. The molecule has 0 aliphatic heterocycles. The van der Waals surface area contributed by atoms with Crippen LogP contribution >= 0.6 is 0 Å². The topological polar surface area (TPSA) is 44.8 Å². The largest absolute Gasteiger partial charge is 0.466 e. The summed E-state index contributed by atoms with van der Waals surface area (Å²) in [5, 5.41) is 0. The van der Waals surface area contributed by atoms with Crippen molar-refractivity contribution in [3.63, 3.8) is 0 Å². The quantitative estimate of drug-likeness (QED) is 0.0665. The fourth-order valence-electron chi connectivity index (χ4n) is 4.66. The minimum absolute atomic E-state index is 0.0845. The van der Waals surface area contributed by atoms with Crippen molar-refractivity contribution in [1.82, 2.24) is 0 Å². The van der Waals surface area contributed by atoms with E-state index < -0.39 is 0 Å². The number of hydrogen-bond donors (Lipinski definition) is 0. The van der Waals surface area contributed by atoms with E-state index in [1.54, 1.807) is 0 Å². The Morgan fingerprint density at radius 3 is 1.38 bits per heavy atom. The van der Waals surface area contributed by atoms with Gasteiger partial charge in [-0.15, -0.1) is 0 Å². The Kier molecular flexibility index (Phi) is 31.1. The number of carbonyl (C=O) groups excluding carboxylic acids is 1. The van der Waals surface area contributed by atoms with E-state index in [-0.39, 0.29) is 5.97 Å². The molecule has 0 aromatic heterocycles. The molecule has 0 N–H and O–H groups in total. The first-order valence-electron chi connectivity index (χ1n) is 16.5. The molecule has 0 aromatic rings. The first-order valence-corrected chi connectivity index (χ1v) is 16.5. The van der Waals surface area contributed by atoms with Gasteiger partial charge in [0.15, 0.2) is 0 Å². The van der Waals surface area contributed by atoms with Gasteiger partial charge in [0, 0.05) is 19.6 Å². The van der Waals surface area contributed by atoms with Crippen LogP contribution in [0.3, 0.4) is 0 Å². The molecule has 4 heteroatoms. The summed E-state index contributed by atoms with van der Waals surface area (Å²) in [6, 6.07) is 0. The molecule has 0 radical (unpaired) electrons. The molecule has 0 unspecified atom stereocenters. The van der Waals surface area contributed by atoms with Crippen molar-refractivity contribution < 1.29 is 19.0 Å². The molecule has 0 saturated heterocycles. The molecule has 0 fully saturated rings. The van der Waals surface area contributed by atoms with Crippen LogP contribution in [0.2, 0.25) is 0 Å². The molecule has 0 heterocycles. The Labute approximate surface area is 232 Å². The minimum Gasteiger partial charge on any atom is -0.466 e. The van der Waals surface area contributed by atoms with Crippen LogP contribution in [0.5, 0.6) is 0 Å². The van der Waals surface area contributed by atoms with Gasteiger partial charge in [-0.05, 0) is 25.2 Å². The van der Waals surface area contributed by atoms with E-state index >= 15 is 0 Å². The van der Waals surface area contributed by atoms with Gasteiger partial charge in [-0.2, -0.15) is 0 Å². The smallest absolute Gasteiger partial charge is 0.305 e. The SMILES string of the molecule is CCCCCCCCCOCCOCCCC(=O)OCCCCCCCCCCCCCCCC(C)C. The van der Waals surface area contributed by atoms with Crippen LogP contribution in [0.15, 0.2) is 0 Å². The third-order valence-electron chi connectivity index (χ3n) is 7.12. The van der Waals surface area contributed by atoms with Gasteiger partial charge >= 0.3 is 5.97 Å². The maximum atomic E-state index is 11.8. The van der Waals surface area contributed by atoms with E-state index in [2.05, 4.69) is 20.8 Å². The fraction of sp³-hybridized carbons (Fsp3) is 0.970. The van der Waals surface area contributed by atoms with Crippen molar-refractivity contribution in [2.75, 3.05) is 33.0 Å². The molecule has 222 valence electrons. The second-order valence-electron chi connectivity index (χ2n) is 11.4. The van der Waals surface area contributed by atoms with Gasteiger partial charge in [0.05, 0.1) is 19.8 Å². The molecule has 37 heavy (non-hydrogen) atoms. The molecule has 0 spiro atoms. The molecule has 4 nitrogen and oxygen atoms in total. The molecule has 0 aliphatic carbocycles. The Balaban J connectivity index is 3.15. The van der Waals surface area contributed by atoms with E-state index in [0.29, 0.717) is 32.8 Å². The van der Waals surface area contributed by atoms with Crippen molar-refractivity contribution in [2.24, 2.45) is 5.92 Å². The zero-order chi connectivity index (χ0) is 27.1. The molecular weight excluding hydrogens is 460 g/mol. The number of rotatable bonds is 31. The molecular formula is C33H66O4. The summed E-state index contributed by atoms with van der Waals surface area (Å²) in [6.07, 6.45) is 29.2. The number of hydrogen-bond acceptors (Lipinski definition) is 4. The van der Waals surface area contributed by atoms with Crippen LogP contribution in [0, 0.1) is 5.92 Å². The first kappa shape index (κ1) is 36.4. The second kappa shape index (κ2) is 31.6. The van der Waals surface area contributed by atoms with Crippen molar-refractivity contribution in [2.45, 2.75) is 168 Å². The van der Waals surface area contributed by atoms with Gasteiger partial charge in [0.25, 0.3) is 0 Å². The number of ether oxygens (including phenoxy) is 3. The number of carbonyl (C=O) groups is 1. The van der Waals surface area contributed by atoms with E-state index in [0.717, 1.165) is 31.8 Å². The lowest BCUT2D eigenvalue weighted by molar-refractivity contribution is -0.144. The lowest BCUT2D eigenvalue weighted by atomic mass is 10.0. The summed E-state index contributed by atoms with van der Waals surface area (Å²) in [7, 11) is 0. The highest BCUT2D eigenvalue weighted by Crippen LogP contribution is 2.14. The van der Waals surface area contributed by atoms with Gasteiger partial charge in [0.1, 0.15) is 0 Å². The van der Waals surface area contributed by atoms with Gasteiger partial charge in [0.2, 0.25) is 0 Å². The summed E-state index contributed by atoms with van der Waals surface area (Å²) < 4.78 is 16.5. The average molecular weight is 527 g/mol. The van der Waals surface area contributed by atoms with Crippen molar-refractivity contribution in [3.05, 3.63) is 0 Å². The van der Waals surface area contributed by atoms with Crippen LogP contribution in [0.25, 0.3) is 0 Å². The molecule has 0 aromatic carbocycles. The highest BCUT2D eigenvalue weighted by atomic mass is 16.5. The zero-order valence-electron chi connectivity index (χ0n) is 25.5. The monoisotopic (exact) mass is 526 g/mol. The summed E-state index contributed by atoms with van der Waals surface area (Å²) in [5.74, 6) is 0.782. The second-order valence-corrected chi connectivity index (χ2v) is 11.4. The van der Waals surface area contributed by atoms with Crippen LogP contribution in [0.1, 0.15) is 168 Å². The van der Waals surface area contributed by atoms with Crippen LogP contribution in [0.4, 0.5) is 0 Å². The molecule has 0 aliphatic rings. The van der Waals surface area contributed by atoms with E-state index in [1.807, 2.05) is 0 Å². The number of unbranched alkanes of at least 4 members (excludes halogenated alkanes) is 18. The van der Waals surface area contributed by atoms with Crippen LogP contribution in [-0.4, -0.2) is 39.0 Å². The first-order chi connectivity index (χ1) is 18.2. The van der Waals surface area contributed by atoms with E-state index in [1.165, 1.54) is 122 Å². The lowest BCUT2D eigenvalue weighted by Gasteiger charge is -2.07. The summed E-state index contributed by atoms with van der Waals surface area (Å²) in [6.45, 7) is 10.2. The normalized spacial score (nSPS) is 11.5. The van der Waals surface area contributed by atoms with Crippen molar-refractivity contribution >= 4 is 5.97 Å². The standard InChI is InChI=1S/C33H66O4/c1-4-5-6-7-16-19-22-27-35-30-31-36-28-24-26-33(34)37-29-23-20-17-14-12-10-8-9-11-13-15-18-21-25-32(2)3/h32H,4-31H2,1-3H3. The molecule has 0 bridgehead atoms. The summed E-state index contributed by atoms with van der Waals surface area (Å²) in [5.41, 5.74) is 0. The van der Waals surface area contributed by atoms with Gasteiger partial charge < -0.3 is 14.2 Å². The summed E-state index contributed by atoms with van der Waals surface area (Å²) >= 11 is 0.